The lowest BCUT2D eigenvalue weighted by Crippen LogP contribution is -2.39. The molecule has 1 aliphatic rings. The maximum atomic E-state index is 13.1. The van der Waals surface area contributed by atoms with Gasteiger partial charge in [0.2, 0.25) is 5.91 Å². The second kappa shape index (κ2) is 15.0. The number of amides is 1. The van der Waals surface area contributed by atoms with Crippen molar-refractivity contribution in [2.45, 2.75) is 25.3 Å². The fraction of sp³-hybridized carbons (Fsp3) is 0.500. The highest BCUT2D eigenvalue weighted by Crippen LogP contribution is 2.35. The Bertz CT molecular complexity index is 992. The highest BCUT2D eigenvalue weighted by molar-refractivity contribution is 5.86. The van der Waals surface area contributed by atoms with Crippen LogP contribution in [-0.4, -0.2) is 77.4 Å². The van der Waals surface area contributed by atoms with Crippen LogP contribution in [0.4, 0.5) is 0 Å². The number of halogens is 2. The molecule has 2 N–H and O–H groups in total. The Morgan fingerprint density at radius 1 is 0.917 bits per heavy atom. The number of likely N-dealkylation sites (N-methyl/N-ethyl adjacent to an activating group) is 1. The van der Waals surface area contributed by atoms with Crippen LogP contribution in [0.3, 0.4) is 0 Å². The number of fused-ring (bicyclic) bond motifs is 1. The molecular formula is C26H39Cl2N3O5. The SMILES string of the molecule is COc1ccc(CCN(C)CCCN2CCc3cc(OC)c(OC)cc3C(N)C2=O)cc1OC.Cl.Cl. The van der Waals surface area contributed by atoms with Gasteiger partial charge in [0.1, 0.15) is 6.04 Å². The molecule has 0 bridgehead atoms. The third-order valence-corrected chi connectivity index (χ3v) is 6.41. The van der Waals surface area contributed by atoms with Crippen LogP contribution in [0.2, 0.25) is 0 Å². The molecule has 36 heavy (non-hydrogen) atoms. The van der Waals surface area contributed by atoms with Gasteiger partial charge in [0.25, 0.3) is 0 Å². The molecule has 0 saturated carbocycles. The molecule has 0 aliphatic carbocycles. The van der Waals surface area contributed by atoms with Gasteiger partial charge in [0, 0.05) is 19.6 Å². The van der Waals surface area contributed by atoms with E-state index in [9.17, 15) is 4.79 Å². The Morgan fingerprint density at radius 3 is 2.17 bits per heavy atom. The van der Waals surface area contributed by atoms with Crippen LogP contribution in [0, 0.1) is 0 Å². The van der Waals surface area contributed by atoms with E-state index in [0.717, 1.165) is 55.0 Å². The molecule has 1 unspecified atom stereocenters. The van der Waals surface area contributed by atoms with Gasteiger partial charge in [-0.2, -0.15) is 0 Å². The Hall–Kier alpha value is -2.39. The minimum Gasteiger partial charge on any atom is -0.493 e. The molecule has 3 rings (SSSR count). The van der Waals surface area contributed by atoms with E-state index in [-0.39, 0.29) is 30.7 Å². The van der Waals surface area contributed by atoms with Gasteiger partial charge in [-0.25, -0.2) is 0 Å². The molecule has 0 fully saturated rings. The molecule has 10 heteroatoms. The summed E-state index contributed by atoms with van der Waals surface area (Å²) in [5, 5.41) is 0. The number of benzene rings is 2. The van der Waals surface area contributed by atoms with Crippen molar-refractivity contribution in [2.75, 3.05) is 61.7 Å². The van der Waals surface area contributed by atoms with Crippen molar-refractivity contribution >= 4 is 30.7 Å². The lowest BCUT2D eigenvalue weighted by atomic mass is 9.98. The van der Waals surface area contributed by atoms with Gasteiger partial charge in [-0.05, 0) is 73.8 Å². The van der Waals surface area contributed by atoms with Gasteiger partial charge in [0.15, 0.2) is 23.0 Å². The largest absolute Gasteiger partial charge is 0.493 e. The molecule has 1 amide bonds. The zero-order valence-electron chi connectivity index (χ0n) is 21.7. The second-order valence-corrected chi connectivity index (χ2v) is 8.56. The number of carbonyl (C=O) groups excluding carboxylic acids is 1. The lowest BCUT2D eigenvalue weighted by molar-refractivity contribution is -0.132. The van der Waals surface area contributed by atoms with Crippen LogP contribution in [-0.2, 0) is 17.6 Å². The van der Waals surface area contributed by atoms with E-state index in [1.807, 2.05) is 29.2 Å². The third kappa shape index (κ3) is 7.56. The van der Waals surface area contributed by atoms with Gasteiger partial charge in [-0.15, -0.1) is 24.8 Å². The third-order valence-electron chi connectivity index (χ3n) is 6.41. The first-order chi connectivity index (χ1) is 16.4. The van der Waals surface area contributed by atoms with Gasteiger partial charge < -0.3 is 34.5 Å². The van der Waals surface area contributed by atoms with E-state index in [1.165, 1.54) is 5.56 Å². The highest BCUT2D eigenvalue weighted by Gasteiger charge is 2.29. The molecule has 8 nitrogen and oxygen atoms in total. The molecule has 0 radical (unpaired) electrons. The van der Waals surface area contributed by atoms with Crippen LogP contribution >= 0.6 is 24.8 Å². The molecular weight excluding hydrogens is 505 g/mol. The maximum Gasteiger partial charge on any atom is 0.244 e. The van der Waals surface area contributed by atoms with Crippen molar-refractivity contribution in [2.24, 2.45) is 5.73 Å². The maximum absolute atomic E-state index is 13.1. The predicted molar refractivity (Wildman–Crippen MR) is 147 cm³/mol. The first kappa shape index (κ1) is 31.6. The van der Waals surface area contributed by atoms with E-state index in [1.54, 1.807) is 28.4 Å². The summed E-state index contributed by atoms with van der Waals surface area (Å²) < 4.78 is 21.5. The van der Waals surface area contributed by atoms with Crippen molar-refractivity contribution in [3.63, 3.8) is 0 Å². The number of nitrogens with zero attached hydrogens (tertiary/aromatic N) is 2. The predicted octanol–water partition coefficient (Wildman–Crippen LogP) is 3.51. The quantitative estimate of drug-likeness (QED) is 0.464. The van der Waals surface area contributed by atoms with Crippen LogP contribution in [0.15, 0.2) is 30.3 Å². The van der Waals surface area contributed by atoms with Crippen LogP contribution in [0.25, 0.3) is 0 Å². The number of carbonyl (C=O) groups is 1. The van der Waals surface area contributed by atoms with Crippen molar-refractivity contribution in [1.29, 1.82) is 0 Å². The lowest BCUT2D eigenvalue weighted by Gasteiger charge is -2.24. The molecule has 0 aromatic heterocycles. The Morgan fingerprint density at radius 2 is 1.53 bits per heavy atom. The number of nitrogens with two attached hydrogens (primary N) is 1. The smallest absolute Gasteiger partial charge is 0.244 e. The van der Waals surface area contributed by atoms with E-state index < -0.39 is 6.04 Å². The van der Waals surface area contributed by atoms with Crippen LogP contribution < -0.4 is 24.7 Å². The summed E-state index contributed by atoms with van der Waals surface area (Å²) in [5.74, 6) is 2.69. The Kier molecular flexibility index (Phi) is 13.2. The molecule has 202 valence electrons. The van der Waals surface area contributed by atoms with Crippen molar-refractivity contribution in [3.05, 3.63) is 47.0 Å². The van der Waals surface area contributed by atoms with E-state index in [0.29, 0.717) is 24.6 Å². The standard InChI is InChI=1S/C26H37N3O5.2ClH/c1-28(13-9-18-7-8-21(31-2)22(15-18)32-3)11-6-12-29-14-10-19-16-23(33-4)24(34-5)17-20(19)25(27)26(29)30;;/h7-8,15-17,25H,6,9-14,27H2,1-5H3;2*1H. The minimum atomic E-state index is -0.694. The summed E-state index contributed by atoms with van der Waals surface area (Å²) in [6.07, 6.45) is 2.53. The number of ether oxygens (including phenoxy) is 4. The highest BCUT2D eigenvalue weighted by atomic mass is 35.5. The fourth-order valence-corrected chi connectivity index (χ4v) is 4.36. The average molecular weight is 545 g/mol. The van der Waals surface area contributed by atoms with Crippen LogP contribution in [0.1, 0.15) is 29.2 Å². The normalized spacial score (nSPS) is 14.8. The monoisotopic (exact) mass is 543 g/mol. The summed E-state index contributed by atoms with van der Waals surface area (Å²) >= 11 is 0. The number of hydrogen-bond acceptors (Lipinski definition) is 7. The van der Waals surface area contributed by atoms with E-state index in [2.05, 4.69) is 18.0 Å². The van der Waals surface area contributed by atoms with Crippen molar-refractivity contribution in [1.82, 2.24) is 9.80 Å². The number of rotatable bonds is 11. The van der Waals surface area contributed by atoms with Gasteiger partial charge in [-0.3, -0.25) is 4.79 Å². The number of methoxy groups -OCH3 is 4. The van der Waals surface area contributed by atoms with E-state index in [4.69, 9.17) is 24.7 Å². The summed E-state index contributed by atoms with van der Waals surface area (Å²) in [6.45, 7) is 3.12. The topological polar surface area (TPSA) is 86.5 Å². The molecule has 2 aromatic rings. The van der Waals surface area contributed by atoms with Gasteiger partial charge in [-0.1, -0.05) is 6.07 Å². The molecule has 0 spiro atoms. The Balaban J connectivity index is 0.00000324. The first-order valence-electron chi connectivity index (χ1n) is 11.6. The zero-order chi connectivity index (χ0) is 24.7. The van der Waals surface area contributed by atoms with Gasteiger partial charge in [0.05, 0.1) is 28.4 Å². The zero-order valence-corrected chi connectivity index (χ0v) is 23.4. The van der Waals surface area contributed by atoms with Crippen molar-refractivity contribution in [3.8, 4) is 23.0 Å². The minimum absolute atomic E-state index is 0. The van der Waals surface area contributed by atoms with Gasteiger partial charge >= 0.3 is 0 Å². The molecule has 1 heterocycles. The molecule has 0 saturated heterocycles. The molecule has 1 aliphatic heterocycles. The Labute approximate surface area is 226 Å². The van der Waals surface area contributed by atoms with Crippen LogP contribution in [0.5, 0.6) is 23.0 Å². The molecule has 1 atom stereocenters. The van der Waals surface area contributed by atoms with Crippen molar-refractivity contribution < 1.29 is 23.7 Å². The second-order valence-electron chi connectivity index (χ2n) is 8.56. The number of hydrogen-bond donors (Lipinski definition) is 1. The van der Waals surface area contributed by atoms with E-state index >= 15 is 0 Å². The summed E-state index contributed by atoms with van der Waals surface area (Å²) in [6, 6.07) is 9.10. The summed E-state index contributed by atoms with van der Waals surface area (Å²) in [7, 11) is 8.59. The summed E-state index contributed by atoms with van der Waals surface area (Å²) in [4.78, 5) is 17.2. The first-order valence-corrected chi connectivity index (χ1v) is 11.6. The average Bonchev–Trinajstić information content (AvgIpc) is 2.98. The summed E-state index contributed by atoms with van der Waals surface area (Å²) in [5.41, 5.74) is 9.41. The molecule has 2 aromatic carbocycles. The fourth-order valence-electron chi connectivity index (χ4n) is 4.36.